The van der Waals surface area contributed by atoms with E-state index in [0.717, 1.165) is 0 Å². The van der Waals surface area contributed by atoms with Crippen LogP contribution in [0, 0.1) is 10.1 Å². The fourth-order valence-electron chi connectivity index (χ4n) is 2.24. The molecule has 0 saturated carbocycles. The van der Waals surface area contributed by atoms with Gasteiger partial charge in [0.2, 0.25) is 0 Å². The Hall–Kier alpha value is -1.66. The molecule has 7 heteroatoms. The molecule has 6 nitrogen and oxygen atoms in total. The van der Waals surface area contributed by atoms with E-state index in [1.54, 1.807) is 6.07 Å². The van der Waals surface area contributed by atoms with Crippen LogP contribution in [-0.4, -0.2) is 41.0 Å². The number of para-hydroxylation sites is 1. The first kappa shape index (κ1) is 20.3. The molecule has 0 bridgehead atoms. The lowest BCUT2D eigenvalue weighted by Gasteiger charge is -2.30. The van der Waals surface area contributed by atoms with Crippen LogP contribution in [0.4, 0.5) is 5.69 Å². The van der Waals surface area contributed by atoms with Gasteiger partial charge in [0.05, 0.1) is 4.92 Å². The highest BCUT2D eigenvalue weighted by Gasteiger charge is 2.21. The molecule has 0 aromatic heterocycles. The lowest BCUT2D eigenvalue weighted by molar-refractivity contribution is -0.385. The van der Waals surface area contributed by atoms with Gasteiger partial charge in [0.15, 0.2) is 0 Å². The molecule has 0 fully saturated rings. The smallest absolute Gasteiger partial charge is 0.345 e. The number of nitro groups is 1. The molecule has 1 aromatic rings. The van der Waals surface area contributed by atoms with Gasteiger partial charge in [0.25, 0.3) is 5.69 Å². The fraction of sp³-hybridized carbons (Fsp3) is 0.533. The summed E-state index contributed by atoms with van der Waals surface area (Å²) in [6.45, 7) is 9.10. The van der Waals surface area contributed by atoms with E-state index in [2.05, 4.69) is 32.6 Å². The van der Waals surface area contributed by atoms with Crippen LogP contribution < -0.4 is 0 Å². The van der Waals surface area contributed by atoms with Gasteiger partial charge in [-0.2, -0.15) is 0 Å². The zero-order valence-corrected chi connectivity index (χ0v) is 14.1. The van der Waals surface area contributed by atoms with E-state index in [-0.39, 0.29) is 30.3 Å². The van der Waals surface area contributed by atoms with Crippen molar-refractivity contribution in [1.29, 1.82) is 0 Å². The highest BCUT2D eigenvalue weighted by atomic mass is 35.5. The Morgan fingerprint density at radius 2 is 1.77 bits per heavy atom. The summed E-state index contributed by atoms with van der Waals surface area (Å²) in [5.74, 6) is -0.658. The molecule has 0 atom stereocenters. The molecule has 0 unspecified atom stereocenters. The lowest BCUT2D eigenvalue weighted by atomic mass is 10.2. The zero-order valence-electron chi connectivity index (χ0n) is 13.3. The number of rotatable bonds is 7. The average Bonchev–Trinajstić information content (AvgIpc) is 2.42. The summed E-state index contributed by atoms with van der Waals surface area (Å²) in [6, 6.07) is 6.49. The molecule has 0 aliphatic heterocycles. The van der Waals surface area contributed by atoms with Crippen LogP contribution in [0.15, 0.2) is 24.3 Å². The molecule has 0 aliphatic carbocycles. The maximum absolute atomic E-state index is 11.9. The molecule has 0 radical (unpaired) electrons. The van der Waals surface area contributed by atoms with Crippen molar-refractivity contribution in [3.8, 4) is 0 Å². The van der Waals surface area contributed by atoms with Crippen molar-refractivity contribution < 1.29 is 14.5 Å². The van der Waals surface area contributed by atoms with E-state index in [1.165, 1.54) is 18.2 Å². The second kappa shape index (κ2) is 9.38. The van der Waals surface area contributed by atoms with Gasteiger partial charge >= 0.3 is 5.97 Å². The summed E-state index contributed by atoms with van der Waals surface area (Å²) >= 11 is 0. The summed E-state index contributed by atoms with van der Waals surface area (Å²) < 4.78 is 5.16. The molecule has 0 N–H and O–H groups in total. The lowest BCUT2D eigenvalue weighted by Crippen LogP contribution is -2.39. The van der Waals surface area contributed by atoms with Crippen LogP contribution in [0.1, 0.15) is 38.1 Å². The number of nitrogens with zero attached hydrogens (tertiary/aromatic N) is 2. The van der Waals surface area contributed by atoms with Crippen LogP contribution in [0.3, 0.4) is 0 Å². The first-order chi connectivity index (χ1) is 9.84. The molecule has 1 rings (SSSR count). The molecule has 124 valence electrons. The normalized spacial score (nSPS) is 10.7. The van der Waals surface area contributed by atoms with Gasteiger partial charge in [0, 0.05) is 24.7 Å². The number of halogens is 1. The number of benzene rings is 1. The molecule has 0 heterocycles. The van der Waals surface area contributed by atoms with Crippen molar-refractivity contribution >= 4 is 24.1 Å². The maximum atomic E-state index is 11.9. The van der Waals surface area contributed by atoms with Gasteiger partial charge in [0.1, 0.15) is 12.2 Å². The van der Waals surface area contributed by atoms with Crippen molar-refractivity contribution in [2.45, 2.75) is 39.8 Å². The molecule has 0 spiro atoms. The van der Waals surface area contributed by atoms with E-state index in [9.17, 15) is 14.9 Å². The minimum atomic E-state index is -0.658. The van der Waals surface area contributed by atoms with Crippen LogP contribution in [-0.2, 0) is 4.74 Å². The quantitative estimate of drug-likeness (QED) is 0.436. The van der Waals surface area contributed by atoms with Crippen LogP contribution in [0.2, 0.25) is 0 Å². The standard InChI is InChI=1S/C15H22N2O4.ClH/c1-11(2)16(12(3)4)9-10-21-15(18)13-7-5-6-8-14(13)17(19)20;/h5-8,11-12H,9-10H2,1-4H3;1H. The number of carbonyl (C=O) groups excluding carboxylic acids is 1. The van der Waals surface area contributed by atoms with Gasteiger partial charge in [-0.25, -0.2) is 4.79 Å². The van der Waals surface area contributed by atoms with E-state index in [1.807, 2.05) is 0 Å². The summed E-state index contributed by atoms with van der Waals surface area (Å²) in [6.07, 6.45) is 0. The SMILES string of the molecule is CC(C)N(CCOC(=O)c1ccccc1[N+](=O)[O-])C(C)C.Cl. The maximum Gasteiger partial charge on any atom is 0.345 e. The second-order valence-electron chi connectivity index (χ2n) is 5.34. The highest BCUT2D eigenvalue weighted by Crippen LogP contribution is 2.18. The third kappa shape index (κ3) is 5.61. The zero-order chi connectivity index (χ0) is 16.0. The topological polar surface area (TPSA) is 72.7 Å². The summed E-state index contributed by atoms with van der Waals surface area (Å²) in [5, 5.41) is 10.9. The Morgan fingerprint density at radius 3 is 2.27 bits per heavy atom. The summed E-state index contributed by atoms with van der Waals surface area (Å²) in [5.41, 5.74) is -0.241. The predicted octanol–water partition coefficient (Wildman–Crippen LogP) is 3.29. The number of carbonyl (C=O) groups is 1. The molecule has 1 aromatic carbocycles. The third-order valence-corrected chi connectivity index (χ3v) is 3.23. The van der Waals surface area contributed by atoms with E-state index >= 15 is 0 Å². The van der Waals surface area contributed by atoms with Crippen molar-refractivity contribution in [2.24, 2.45) is 0 Å². The van der Waals surface area contributed by atoms with Crippen molar-refractivity contribution in [1.82, 2.24) is 4.90 Å². The minimum Gasteiger partial charge on any atom is -0.461 e. The summed E-state index contributed by atoms with van der Waals surface area (Å²) in [7, 11) is 0. The Balaban J connectivity index is 0.00000441. The van der Waals surface area contributed by atoms with Gasteiger partial charge in [-0.3, -0.25) is 15.0 Å². The third-order valence-electron chi connectivity index (χ3n) is 3.23. The monoisotopic (exact) mass is 330 g/mol. The van der Waals surface area contributed by atoms with Crippen molar-refractivity contribution in [3.05, 3.63) is 39.9 Å². The van der Waals surface area contributed by atoms with Gasteiger partial charge in [-0.1, -0.05) is 12.1 Å². The second-order valence-corrected chi connectivity index (χ2v) is 5.34. The number of nitro benzene ring substituents is 1. The molecule has 22 heavy (non-hydrogen) atoms. The van der Waals surface area contributed by atoms with Crippen LogP contribution >= 0.6 is 12.4 Å². The number of ether oxygens (including phenoxy) is 1. The van der Waals surface area contributed by atoms with Gasteiger partial charge < -0.3 is 4.74 Å². The number of hydrogen-bond acceptors (Lipinski definition) is 5. The van der Waals surface area contributed by atoms with E-state index in [4.69, 9.17) is 4.74 Å². The van der Waals surface area contributed by atoms with E-state index in [0.29, 0.717) is 18.6 Å². The predicted molar refractivity (Wildman–Crippen MR) is 87.6 cm³/mol. The minimum absolute atomic E-state index is 0. The molecule has 0 saturated heterocycles. The van der Waals surface area contributed by atoms with Crippen LogP contribution in [0.25, 0.3) is 0 Å². The number of esters is 1. The Kier molecular flexibility index (Phi) is 8.67. The van der Waals surface area contributed by atoms with Crippen molar-refractivity contribution in [2.75, 3.05) is 13.2 Å². The summed E-state index contributed by atoms with van der Waals surface area (Å²) in [4.78, 5) is 24.4. The Labute approximate surface area is 137 Å². The number of hydrogen-bond donors (Lipinski definition) is 0. The first-order valence-corrected chi connectivity index (χ1v) is 7.01. The Bertz CT molecular complexity index is 498. The fourth-order valence-corrected chi connectivity index (χ4v) is 2.24. The Morgan fingerprint density at radius 1 is 1.23 bits per heavy atom. The first-order valence-electron chi connectivity index (χ1n) is 7.01. The largest absolute Gasteiger partial charge is 0.461 e. The van der Waals surface area contributed by atoms with Gasteiger partial charge in [-0.05, 0) is 33.8 Å². The molecular weight excluding hydrogens is 308 g/mol. The van der Waals surface area contributed by atoms with Crippen molar-refractivity contribution in [3.63, 3.8) is 0 Å². The highest BCUT2D eigenvalue weighted by molar-refractivity contribution is 5.93. The average molecular weight is 331 g/mol. The molecular formula is C15H23ClN2O4. The van der Waals surface area contributed by atoms with Crippen LogP contribution in [0.5, 0.6) is 0 Å². The van der Waals surface area contributed by atoms with Gasteiger partial charge in [-0.15, -0.1) is 12.4 Å². The molecule has 0 aliphatic rings. The van der Waals surface area contributed by atoms with E-state index < -0.39 is 10.9 Å². The molecule has 0 amide bonds.